The van der Waals surface area contributed by atoms with Crippen molar-refractivity contribution in [3.63, 3.8) is 0 Å². The summed E-state index contributed by atoms with van der Waals surface area (Å²) in [6.45, 7) is 7.46. The molecule has 0 aromatic heterocycles. The summed E-state index contributed by atoms with van der Waals surface area (Å²) in [5.41, 5.74) is 2.81. The van der Waals surface area contributed by atoms with Crippen molar-refractivity contribution in [2.45, 2.75) is 207 Å². The van der Waals surface area contributed by atoms with Gasteiger partial charge in [-0.15, -0.1) is 0 Å². The van der Waals surface area contributed by atoms with E-state index in [4.69, 9.17) is 9.47 Å². The smallest absolute Gasteiger partial charge is 0.343 e. The largest absolute Gasteiger partial charge is 0.423 e. The van der Waals surface area contributed by atoms with Crippen LogP contribution in [0.4, 0.5) is 0 Å². The van der Waals surface area contributed by atoms with Crippen LogP contribution in [-0.2, 0) is 11.2 Å². The van der Waals surface area contributed by atoms with Crippen LogP contribution in [-0.4, -0.2) is 12.6 Å². The number of hydrogen-bond acceptors (Lipinski definition) is 3. The molecule has 49 heavy (non-hydrogen) atoms. The summed E-state index contributed by atoms with van der Waals surface area (Å²) in [6, 6.07) is 15.8. The molecule has 2 aromatic rings. The number of para-hydroxylation sites is 1. The number of aryl methyl sites for hydroxylation is 1. The second-order valence-electron chi connectivity index (χ2n) is 14.7. The molecule has 278 valence electrons. The Bertz CT molecular complexity index is 1030. The first kappa shape index (κ1) is 43.0. The minimum atomic E-state index is -0.291. The quantitative estimate of drug-likeness (QED) is 0.0429. The molecular weight excluding hydrogens is 601 g/mol. The van der Waals surface area contributed by atoms with Crippen LogP contribution < -0.4 is 4.74 Å². The van der Waals surface area contributed by atoms with Crippen molar-refractivity contribution in [2.24, 2.45) is 0 Å². The van der Waals surface area contributed by atoms with E-state index in [0.29, 0.717) is 11.3 Å². The number of carbonyl (C=O) groups is 1. The highest BCUT2D eigenvalue weighted by atomic mass is 16.5. The molecule has 0 aliphatic rings. The van der Waals surface area contributed by atoms with Crippen LogP contribution in [0.2, 0.25) is 0 Å². The van der Waals surface area contributed by atoms with E-state index in [-0.39, 0.29) is 12.1 Å². The number of benzene rings is 2. The molecule has 0 saturated carbocycles. The van der Waals surface area contributed by atoms with E-state index in [1.54, 1.807) is 0 Å². The highest BCUT2D eigenvalue weighted by Crippen LogP contribution is 2.24. The minimum absolute atomic E-state index is 0.0214. The molecule has 0 spiro atoms. The van der Waals surface area contributed by atoms with Gasteiger partial charge >= 0.3 is 5.97 Å². The lowest BCUT2D eigenvalue weighted by molar-refractivity contribution is 0.0626. The van der Waals surface area contributed by atoms with E-state index < -0.39 is 0 Å². The van der Waals surface area contributed by atoms with Crippen LogP contribution in [0.3, 0.4) is 0 Å². The molecule has 3 nitrogen and oxygen atoms in total. The van der Waals surface area contributed by atoms with E-state index in [1.165, 1.54) is 161 Å². The minimum Gasteiger partial charge on any atom is -0.423 e. The molecule has 0 fully saturated rings. The predicted octanol–water partition coefficient (Wildman–Crippen LogP) is 15.1. The fraction of sp³-hybridized carbons (Fsp3) is 0.717. The van der Waals surface area contributed by atoms with Gasteiger partial charge in [-0.05, 0) is 55.5 Å². The third kappa shape index (κ3) is 22.3. The standard InChI is InChI=1S/C46H76O3/c1-4-6-8-10-12-14-16-18-20-22-24-26-28-32-40-48-41(3)42-36-38-44(39-37-42)46(47)49-45-35-31-30-34-43(45)33-29-27-25-23-21-19-17-15-13-11-9-7-5-2/h30-31,34-39,41H,4-29,32-33,40H2,1-3H3. The Morgan fingerprint density at radius 3 is 1.39 bits per heavy atom. The van der Waals surface area contributed by atoms with E-state index in [2.05, 4.69) is 26.8 Å². The molecule has 3 heteroatoms. The van der Waals surface area contributed by atoms with E-state index in [1.807, 2.05) is 42.5 Å². The summed E-state index contributed by atoms with van der Waals surface area (Å²) < 4.78 is 12.0. The first-order chi connectivity index (χ1) is 24.2. The normalized spacial score (nSPS) is 12.0. The topological polar surface area (TPSA) is 35.5 Å². The van der Waals surface area contributed by atoms with Crippen molar-refractivity contribution < 1.29 is 14.3 Å². The Morgan fingerprint density at radius 1 is 0.510 bits per heavy atom. The molecule has 0 bridgehead atoms. The number of hydrogen-bond donors (Lipinski definition) is 0. The van der Waals surface area contributed by atoms with Gasteiger partial charge in [-0.3, -0.25) is 0 Å². The molecule has 0 radical (unpaired) electrons. The lowest BCUT2D eigenvalue weighted by atomic mass is 10.0. The van der Waals surface area contributed by atoms with Crippen molar-refractivity contribution in [2.75, 3.05) is 6.61 Å². The fourth-order valence-electron chi connectivity index (χ4n) is 6.85. The summed E-state index contributed by atoms with van der Waals surface area (Å²) in [4.78, 5) is 13.0. The molecule has 2 rings (SSSR count). The number of carbonyl (C=O) groups excluding carboxylic acids is 1. The third-order valence-electron chi connectivity index (χ3n) is 10.2. The lowest BCUT2D eigenvalue weighted by Gasteiger charge is -2.14. The Balaban J connectivity index is 1.54. The zero-order valence-electron chi connectivity index (χ0n) is 32.4. The molecule has 1 unspecified atom stereocenters. The average Bonchev–Trinajstić information content (AvgIpc) is 3.12. The molecule has 1 atom stereocenters. The van der Waals surface area contributed by atoms with Gasteiger partial charge in [0.25, 0.3) is 0 Å². The Morgan fingerprint density at radius 2 is 0.918 bits per heavy atom. The molecule has 0 amide bonds. The van der Waals surface area contributed by atoms with Crippen molar-refractivity contribution >= 4 is 5.97 Å². The SMILES string of the molecule is CCCCCCCCCCCCCCCCOC(C)c1ccc(C(=O)Oc2ccccc2CCCCCCCCCCCCCCC)cc1. The van der Waals surface area contributed by atoms with Crippen LogP contribution in [0, 0.1) is 0 Å². The molecule has 0 N–H and O–H groups in total. The zero-order valence-corrected chi connectivity index (χ0v) is 32.4. The first-order valence-electron chi connectivity index (χ1n) is 21.2. The fourth-order valence-corrected chi connectivity index (χ4v) is 6.85. The van der Waals surface area contributed by atoms with Gasteiger partial charge in [0.05, 0.1) is 11.7 Å². The van der Waals surface area contributed by atoms with Crippen LogP contribution in [0.25, 0.3) is 0 Å². The van der Waals surface area contributed by atoms with Gasteiger partial charge in [0.1, 0.15) is 5.75 Å². The van der Waals surface area contributed by atoms with Gasteiger partial charge in [0.15, 0.2) is 0 Å². The first-order valence-corrected chi connectivity index (χ1v) is 21.2. The van der Waals surface area contributed by atoms with Crippen molar-refractivity contribution in [3.8, 4) is 5.75 Å². The lowest BCUT2D eigenvalue weighted by Crippen LogP contribution is -2.10. The van der Waals surface area contributed by atoms with E-state index >= 15 is 0 Å². The predicted molar refractivity (Wildman–Crippen MR) is 212 cm³/mol. The van der Waals surface area contributed by atoms with Gasteiger partial charge in [-0.25, -0.2) is 4.79 Å². The highest BCUT2D eigenvalue weighted by molar-refractivity contribution is 5.91. The molecule has 2 aromatic carbocycles. The number of esters is 1. The number of ether oxygens (including phenoxy) is 2. The maximum Gasteiger partial charge on any atom is 0.343 e. The summed E-state index contributed by atoms with van der Waals surface area (Å²) in [6.07, 6.45) is 37.7. The maximum atomic E-state index is 13.0. The second kappa shape index (κ2) is 30.7. The molecule has 0 heterocycles. The van der Waals surface area contributed by atoms with E-state index in [9.17, 15) is 4.79 Å². The van der Waals surface area contributed by atoms with Crippen molar-refractivity contribution in [3.05, 3.63) is 65.2 Å². The maximum absolute atomic E-state index is 13.0. The van der Waals surface area contributed by atoms with Gasteiger partial charge in [-0.2, -0.15) is 0 Å². The second-order valence-corrected chi connectivity index (χ2v) is 14.7. The van der Waals surface area contributed by atoms with Gasteiger partial charge < -0.3 is 9.47 Å². The van der Waals surface area contributed by atoms with Gasteiger partial charge in [0.2, 0.25) is 0 Å². The molecular formula is C46H76O3. The zero-order chi connectivity index (χ0) is 35.0. The van der Waals surface area contributed by atoms with Gasteiger partial charge in [-0.1, -0.05) is 205 Å². The van der Waals surface area contributed by atoms with Crippen molar-refractivity contribution in [1.29, 1.82) is 0 Å². The third-order valence-corrected chi connectivity index (χ3v) is 10.2. The van der Waals surface area contributed by atoms with Crippen molar-refractivity contribution in [1.82, 2.24) is 0 Å². The van der Waals surface area contributed by atoms with Crippen LogP contribution >= 0.6 is 0 Å². The summed E-state index contributed by atoms with van der Waals surface area (Å²) >= 11 is 0. The Labute approximate surface area is 303 Å². The monoisotopic (exact) mass is 677 g/mol. The van der Waals surface area contributed by atoms with Gasteiger partial charge in [0, 0.05) is 6.61 Å². The molecule has 0 aliphatic carbocycles. The average molecular weight is 677 g/mol. The summed E-state index contributed by atoms with van der Waals surface area (Å²) in [5, 5.41) is 0. The Kier molecular flexibility index (Phi) is 26.9. The number of unbranched alkanes of at least 4 members (excludes halogenated alkanes) is 25. The summed E-state index contributed by atoms with van der Waals surface area (Å²) in [7, 11) is 0. The molecule has 0 saturated heterocycles. The Hall–Kier alpha value is -2.13. The molecule has 0 aliphatic heterocycles. The van der Waals surface area contributed by atoms with Crippen LogP contribution in [0.15, 0.2) is 48.5 Å². The van der Waals surface area contributed by atoms with Crippen LogP contribution in [0.5, 0.6) is 5.75 Å². The van der Waals surface area contributed by atoms with Crippen LogP contribution in [0.1, 0.15) is 222 Å². The summed E-state index contributed by atoms with van der Waals surface area (Å²) in [5.74, 6) is 0.403. The number of rotatable bonds is 33. The highest BCUT2D eigenvalue weighted by Gasteiger charge is 2.13. The van der Waals surface area contributed by atoms with E-state index in [0.717, 1.165) is 37.0 Å².